The summed E-state index contributed by atoms with van der Waals surface area (Å²) in [6, 6.07) is 6.87. The first kappa shape index (κ1) is 22.9. The zero-order chi connectivity index (χ0) is 22.3. The number of ether oxygens (including phenoxy) is 2. The van der Waals surface area contributed by atoms with Gasteiger partial charge in [-0.2, -0.15) is 0 Å². The van der Waals surface area contributed by atoms with Gasteiger partial charge in [0.15, 0.2) is 17.1 Å². The largest absolute Gasteiger partial charge is 0.699 e. The highest BCUT2D eigenvalue weighted by Crippen LogP contribution is 2.41. The second-order valence-electron chi connectivity index (χ2n) is 6.11. The molecule has 11 heteroatoms. The molecule has 1 aromatic carbocycles. The molecule has 0 saturated heterocycles. The van der Waals surface area contributed by atoms with E-state index >= 15 is 0 Å². The molecule has 1 aliphatic rings. The molecule has 1 aliphatic heterocycles. The lowest BCUT2D eigenvalue weighted by molar-refractivity contribution is -0.0147. The molecule has 0 amide bonds. The lowest BCUT2D eigenvalue weighted by Gasteiger charge is -2.34. The van der Waals surface area contributed by atoms with Gasteiger partial charge in [0.25, 0.3) is 6.43 Å². The standard InChI is InChI=1S/C13H15F3N3O2.C6H5NO2/c1-2-21-9-4-7(17)3-8(11(9)14)13(12(15)16)6-20-5-10(18)19-13;8-6(9)5-3-1-2-4-7-5/h3-4,12,17H,2,5-6H2,1H3,(H2,18,19);1-4H,(H,8,9)/q-1;/t13-;/m0./s1. The third kappa shape index (κ3) is 5.17. The number of halogens is 3. The number of hydrogen-bond acceptors (Lipinski definition) is 6. The number of amidine groups is 1. The topological polar surface area (TPSA) is 131 Å². The predicted octanol–water partition coefficient (Wildman–Crippen LogP) is 3.54. The minimum atomic E-state index is -3.04. The van der Waals surface area contributed by atoms with Crippen LogP contribution in [0, 0.1) is 5.82 Å². The molecule has 162 valence electrons. The average molecular weight is 425 g/mol. The normalized spacial score (nSPS) is 18.2. The summed E-state index contributed by atoms with van der Waals surface area (Å²) in [5, 5.41) is 8.32. The zero-order valence-electron chi connectivity index (χ0n) is 15.9. The Kier molecular flexibility index (Phi) is 7.59. The van der Waals surface area contributed by atoms with E-state index in [0.29, 0.717) is 0 Å². The fourth-order valence-electron chi connectivity index (χ4n) is 2.66. The number of nitrogens with one attached hydrogen (secondary N) is 1. The molecule has 2 aromatic rings. The Hall–Kier alpha value is -3.34. The number of nitrogens with two attached hydrogens (primary N) is 1. The molecule has 0 saturated carbocycles. The number of pyridine rings is 1. The smallest absolute Gasteiger partial charge is 0.354 e. The lowest BCUT2D eigenvalue weighted by Crippen LogP contribution is -2.45. The van der Waals surface area contributed by atoms with Gasteiger partial charge >= 0.3 is 5.97 Å². The fraction of sp³-hybridized carbons (Fsp3) is 0.316. The lowest BCUT2D eigenvalue weighted by atomic mass is 9.89. The molecule has 0 fully saturated rings. The molecule has 0 radical (unpaired) electrons. The van der Waals surface area contributed by atoms with Gasteiger partial charge in [-0.25, -0.2) is 22.9 Å². The van der Waals surface area contributed by atoms with E-state index in [4.69, 9.17) is 26.0 Å². The molecule has 2 heterocycles. The van der Waals surface area contributed by atoms with Crippen molar-refractivity contribution in [3.63, 3.8) is 0 Å². The highest BCUT2D eigenvalue weighted by atomic mass is 19.3. The van der Waals surface area contributed by atoms with Crippen molar-refractivity contribution in [1.29, 1.82) is 0 Å². The van der Waals surface area contributed by atoms with Gasteiger partial charge in [0, 0.05) is 11.8 Å². The van der Waals surface area contributed by atoms with Gasteiger partial charge in [-0.1, -0.05) is 12.1 Å². The molecule has 0 aliphatic carbocycles. The number of aliphatic imine (C=N–C) groups is 1. The number of aromatic nitrogens is 1. The van der Waals surface area contributed by atoms with Crippen LogP contribution in [0.2, 0.25) is 0 Å². The van der Waals surface area contributed by atoms with Crippen LogP contribution in [0.1, 0.15) is 23.0 Å². The summed E-state index contributed by atoms with van der Waals surface area (Å²) >= 11 is 0. The highest BCUT2D eigenvalue weighted by Gasteiger charge is 2.46. The summed E-state index contributed by atoms with van der Waals surface area (Å²) in [7, 11) is 0. The van der Waals surface area contributed by atoms with Crippen LogP contribution in [0.15, 0.2) is 41.5 Å². The Morgan fingerprint density at radius 2 is 2.17 bits per heavy atom. The predicted molar refractivity (Wildman–Crippen MR) is 103 cm³/mol. The SMILES string of the molecule is CCOc1cc([NH-])cc([C@]2(C(F)F)COCC(N)=N2)c1F.O=C(O)c1ccccn1. The Bertz CT molecular complexity index is 912. The average Bonchev–Trinajstić information content (AvgIpc) is 2.71. The van der Waals surface area contributed by atoms with Crippen molar-refractivity contribution in [2.75, 3.05) is 19.8 Å². The summed E-state index contributed by atoms with van der Waals surface area (Å²) in [5.74, 6) is -2.38. The Morgan fingerprint density at radius 3 is 2.67 bits per heavy atom. The van der Waals surface area contributed by atoms with E-state index in [1.165, 1.54) is 12.3 Å². The van der Waals surface area contributed by atoms with Gasteiger partial charge in [0.1, 0.15) is 18.1 Å². The maximum Gasteiger partial charge on any atom is 0.354 e. The van der Waals surface area contributed by atoms with E-state index < -0.39 is 35.9 Å². The van der Waals surface area contributed by atoms with Crippen LogP contribution in [0.25, 0.3) is 5.73 Å². The van der Waals surface area contributed by atoms with Crippen molar-refractivity contribution in [2.24, 2.45) is 10.7 Å². The second-order valence-corrected chi connectivity index (χ2v) is 6.11. The van der Waals surface area contributed by atoms with Crippen molar-refractivity contribution in [2.45, 2.75) is 18.9 Å². The number of carboxylic acid groups (broad SMARTS) is 1. The van der Waals surface area contributed by atoms with Crippen LogP contribution < -0.4 is 10.5 Å². The molecule has 1 aromatic heterocycles. The number of benzene rings is 1. The molecule has 0 bridgehead atoms. The van der Waals surface area contributed by atoms with E-state index in [1.807, 2.05) is 0 Å². The number of hydrogen-bond donors (Lipinski definition) is 2. The molecular weight excluding hydrogens is 405 g/mol. The van der Waals surface area contributed by atoms with Gasteiger partial charge in [-0.05, 0) is 25.1 Å². The van der Waals surface area contributed by atoms with Crippen LogP contribution in [0.4, 0.5) is 18.9 Å². The third-order valence-electron chi connectivity index (χ3n) is 3.97. The first-order valence-corrected chi connectivity index (χ1v) is 8.74. The number of rotatable bonds is 5. The van der Waals surface area contributed by atoms with Crippen molar-refractivity contribution in [3.8, 4) is 5.75 Å². The monoisotopic (exact) mass is 425 g/mol. The minimum Gasteiger partial charge on any atom is -0.699 e. The van der Waals surface area contributed by atoms with E-state index in [2.05, 4.69) is 9.98 Å². The van der Waals surface area contributed by atoms with Crippen LogP contribution in [-0.2, 0) is 10.3 Å². The summed E-state index contributed by atoms with van der Waals surface area (Å²) in [6.45, 7) is 1.16. The number of nitrogens with zero attached hydrogens (tertiary/aromatic N) is 2. The number of carboxylic acids is 1. The summed E-state index contributed by atoms with van der Waals surface area (Å²) in [4.78, 5) is 17.4. The molecule has 0 unspecified atom stereocenters. The molecule has 1 atom stereocenters. The van der Waals surface area contributed by atoms with Crippen molar-refractivity contribution >= 4 is 17.5 Å². The van der Waals surface area contributed by atoms with E-state index in [0.717, 1.165) is 12.1 Å². The summed E-state index contributed by atoms with van der Waals surface area (Å²) in [5.41, 5.74) is 10.3. The molecule has 4 N–H and O–H groups in total. The van der Waals surface area contributed by atoms with Crippen molar-refractivity contribution in [1.82, 2.24) is 4.98 Å². The number of alkyl halides is 2. The Balaban J connectivity index is 0.000000297. The summed E-state index contributed by atoms with van der Waals surface area (Å²) in [6.07, 6.45) is -1.59. The first-order chi connectivity index (χ1) is 14.2. The molecule has 30 heavy (non-hydrogen) atoms. The maximum absolute atomic E-state index is 14.4. The fourth-order valence-corrected chi connectivity index (χ4v) is 2.66. The highest BCUT2D eigenvalue weighted by molar-refractivity contribution is 5.85. The van der Waals surface area contributed by atoms with Gasteiger partial charge < -0.3 is 26.0 Å². The molecular formula is C19H20F3N4O4-. The number of carbonyl (C=O) groups is 1. The molecule has 0 spiro atoms. The molecule has 3 rings (SSSR count). The first-order valence-electron chi connectivity index (χ1n) is 8.74. The zero-order valence-corrected chi connectivity index (χ0v) is 15.9. The maximum atomic E-state index is 14.4. The van der Waals surface area contributed by atoms with Crippen LogP contribution >= 0.6 is 0 Å². The van der Waals surface area contributed by atoms with Crippen LogP contribution in [0.3, 0.4) is 0 Å². The summed E-state index contributed by atoms with van der Waals surface area (Å²) < 4.78 is 51.6. The van der Waals surface area contributed by atoms with Gasteiger partial charge in [-0.15, -0.1) is 5.69 Å². The van der Waals surface area contributed by atoms with Crippen molar-refractivity contribution < 1.29 is 32.5 Å². The number of aromatic carboxylic acids is 1. The van der Waals surface area contributed by atoms with Gasteiger partial charge in [-0.3, -0.25) is 4.99 Å². The minimum absolute atomic E-state index is 0.0810. The van der Waals surface area contributed by atoms with E-state index in [9.17, 15) is 18.0 Å². The Labute approximate surface area is 170 Å². The molecule has 8 nitrogen and oxygen atoms in total. The van der Waals surface area contributed by atoms with Crippen LogP contribution in [-0.4, -0.2) is 48.1 Å². The van der Waals surface area contributed by atoms with Crippen LogP contribution in [0.5, 0.6) is 5.75 Å². The van der Waals surface area contributed by atoms with E-state index in [1.54, 1.807) is 19.1 Å². The van der Waals surface area contributed by atoms with Gasteiger partial charge in [0.2, 0.25) is 0 Å². The third-order valence-corrected chi connectivity index (χ3v) is 3.97. The second kappa shape index (κ2) is 9.92. The van der Waals surface area contributed by atoms with Gasteiger partial charge in [0.05, 0.1) is 13.2 Å². The Morgan fingerprint density at radius 1 is 1.43 bits per heavy atom. The van der Waals surface area contributed by atoms with E-state index in [-0.39, 0.29) is 36.2 Å². The van der Waals surface area contributed by atoms with Crippen molar-refractivity contribution in [3.05, 3.63) is 59.3 Å². The quantitative estimate of drug-likeness (QED) is 0.753.